The van der Waals surface area contributed by atoms with Crippen LogP contribution in [0.4, 0.5) is 13.2 Å². The van der Waals surface area contributed by atoms with Crippen LogP contribution in [-0.4, -0.2) is 24.2 Å². The third kappa shape index (κ3) is 3.98. The first-order valence-electron chi connectivity index (χ1n) is 5.97. The Labute approximate surface area is 99.5 Å². The first kappa shape index (κ1) is 14.5. The number of carbonyl (C=O) groups excluding carboxylic acids is 1. The van der Waals surface area contributed by atoms with Crippen LogP contribution in [0.3, 0.4) is 0 Å². The molecular weight excluding hydrogens is 233 g/mol. The smallest absolute Gasteiger partial charge is 0.375 e. The minimum absolute atomic E-state index is 0.00145. The molecule has 0 amide bonds. The fraction of sp³-hybridized carbons (Fsp3) is 0.917. The van der Waals surface area contributed by atoms with Gasteiger partial charge in [0.1, 0.15) is 5.78 Å². The molecule has 2 nitrogen and oxygen atoms in total. The third-order valence-corrected chi connectivity index (χ3v) is 3.50. The summed E-state index contributed by atoms with van der Waals surface area (Å²) in [5.41, 5.74) is 0. The number of rotatable bonds is 4. The highest BCUT2D eigenvalue weighted by molar-refractivity contribution is 5.82. The molecule has 1 heterocycles. The lowest BCUT2D eigenvalue weighted by atomic mass is 9.84. The quantitative estimate of drug-likeness (QED) is 0.767. The summed E-state index contributed by atoms with van der Waals surface area (Å²) in [6, 6.07) is 0. The van der Waals surface area contributed by atoms with E-state index >= 15 is 0 Å². The van der Waals surface area contributed by atoms with Crippen molar-refractivity contribution in [3.63, 3.8) is 0 Å². The summed E-state index contributed by atoms with van der Waals surface area (Å²) in [5.74, 6) is -0.264. The molecule has 5 heteroatoms. The molecule has 1 rings (SSSR count). The minimum Gasteiger partial charge on any atom is -0.375 e. The maximum Gasteiger partial charge on any atom is 0.389 e. The van der Waals surface area contributed by atoms with Crippen LogP contribution in [0.25, 0.3) is 0 Å². The number of ether oxygens (including phenoxy) is 1. The Morgan fingerprint density at radius 2 is 1.76 bits per heavy atom. The molecule has 0 aromatic carbocycles. The fourth-order valence-corrected chi connectivity index (χ4v) is 2.45. The van der Waals surface area contributed by atoms with Crippen LogP contribution < -0.4 is 0 Å². The Morgan fingerprint density at radius 1 is 1.18 bits per heavy atom. The topological polar surface area (TPSA) is 26.3 Å². The van der Waals surface area contributed by atoms with E-state index in [2.05, 4.69) is 0 Å². The first-order valence-corrected chi connectivity index (χ1v) is 5.97. The van der Waals surface area contributed by atoms with E-state index in [1.54, 1.807) is 0 Å². The molecule has 0 radical (unpaired) electrons. The van der Waals surface area contributed by atoms with Crippen molar-refractivity contribution in [2.45, 2.75) is 58.4 Å². The predicted octanol–water partition coefficient (Wildman–Crippen LogP) is 3.35. The zero-order valence-corrected chi connectivity index (χ0v) is 10.4. The average Bonchev–Trinajstić information content (AvgIpc) is 2.38. The van der Waals surface area contributed by atoms with Crippen molar-refractivity contribution in [3.8, 4) is 0 Å². The standard InChI is InChI=1S/C12H19F3O2/c1-7-8(2)17-9(3)11(7)10(16)5-4-6-12(13,14)15/h7-9,11H,4-6H2,1-3H3. The average molecular weight is 252 g/mol. The molecule has 17 heavy (non-hydrogen) atoms. The first-order chi connectivity index (χ1) is 7.72. The van der Waals surface area contributed by atoms with Gasteiger partial charge in [-0.3, -0.25) is 4.79 Å². The summed E-state index contributed by atoms with van der Waals surface area (Å²) in [6.45, 7) is 5.62. The summed E-state index contributed by atoms with van der Waals surface area (Å²) < 4.78 is 41.4. The van der Waals surface area contributed by atoms with Gasteiger partial charge in [0.15, 0.2) is 0 Å². The van der Waals surface area contributed by atoms with Gasteiger partial charge in [0, 0.05) is 18.8 Å². The molecule has 0 spiro atoms. The zero-order chi connectivity index (χ0) is 13.2. The highest BCUT2D eigenvalue weighted by Crippen LogP contribution is 2.34. The van der Waals surface area contributed by atoms with Crippen molar-refractivity contribution >= 4 is 5.78 Å². The normalized spacial score (nSPS) is 34.0. The van der Waals surface area contributed by atoms with Crippen LogP contribution in [0, 0.1) is 11.8 Å². The van der Waals surface area contributed by atoms with Crippen LogP contribution in [0.15, 0.2) is 0 Å². The number of alkyl halides is 3. The maximum absolute atomic E-state index is 12.0. The number of hydrogen-bond acceptors (Lipinski definition) is 2. The van der Waals surface area contributed by atoms with Gasteiger partial charge in [-0.05, 0) is 26.2 Å². The largest absolute Gasteiger partial charge is 0.389 e. The van der Waals surface area contributed by atoms with Crippen molar-refractivity contribution in [1.82, 2.24) is 0 Å². The fourth-order valence-electron chi connectivity index (χ4n) is 2.45. The summed E-state index contributed by atoms with van der Waals surface area (Å²) in [6.07, 6.45) is -5.36. The molecule has 0 aromatic rings. The molecule has 4 unspecified atom stereocenters. The molecule has 1 saturated heterocycles. The van der Waals surface area contributed by atoms with Crippen LogP contribution in [0.1, 0.15) is 40.0 Å². The van der Waals surface area contributed by atoms with Crippen molar-refractivity contribution in [2.75, 3.05) is 0 Å². The Balaban J connectivity index is 2.43. The van der Waals surface area contributed by atoms with E-state index in [-0.39, 0.29) is 42.7 Å². The van der Waals surface area contributed by atoms with Crippen LogP contribution in [-0.2, 0) is 9.53 Å². The van der Waals surface area contributed by atoms with E-state index in [9.17, 15) is 18.0 Å². The number of halogens is 3. The van der Waals surface area contributed by atoms with Crippen LogP contribution >= 0.6 is 0 Å². The second kappa shape index (κ2) is 5.38. The van der Waals surface area contributed by atoms with Gasteiger partial charge in [-0.15, -0.1) is 0 Å². The van der Waals surface area contributed by atoms with Gasteiger partial charge in [-0.25, -0.2) is 0 Å². The zero-order valence-electron chi connectivity index (χ0n) is 10.4. The van der Waals surface area contributed by atoms with Gasteiger partial charge in [0.25, 0.3) is 0 Å². The Hall–Kier alpha value is -0.580. The van der Waals surface area contributed by atoms with Crippen molar-refractivity contribution in [1.29, 1.82) is 0 Å². The van der Waals surface area contributed by atoms with E-state index in [4.69, 9.17) is 4.74 Å². The molecule has 1 aliphatic rings. The van der Waals surface area contributed by atoms with E-state index < -0.39 is 12.6 Å². The van der Waals surface area contributed by atoms with Crippen LogP contribution in [0.5, 0.6) is 0 Å². The van der Waals surface area contributed by atoms with Gasteiger partial charge in [0.2, 0.25) is 0 Å². The molecule has 1 aliphatic heterocycles. The summed E-state index contributed by atoms with van der Waals surface area (Å²) in [4.78, 5) is 11.9. The molecule has 4 atom stereocenters. The minimum atomic E-state index is -4.17. The van der Waals surface area contributed by atoms with Gasteiger partial charge >= 0.3 is 6.18 Å². The number of hydrogen-bond donors (Lipinski definition) is 0. The molecule has 0 saturated carbocycles. The Morgan fingerprint density at radius 3 is 2.18 bits per heavy atom. The number of Topliss-reactive ketones (excluding diaryl/α,β-unsaturated/α-hetero) is 1. The summed E-state index contributed by atoms with van der Waals surface area (Å²) in [7, 11) is 0. The highest BCUT2D eigenvalue weighted by atomic mass is 19.4. The molecule has 0 N–H and O–H groups in total. The Bertz CT molecular complexity index is 275. The van der Waals surface area contributed by atoms with Gasteiger partial charge in [-0.2, -0.15) is 13.2 Å². The van der Waals surface area contributed by atoms with Gasteiger partial charge < -0.3 is 4.74 Å². The Kier molecular flexibility index (Phi) is 4.58. The predicted molar refractivity (Wildman–Crippen MR) is 57.6 cm³/mol. The molecule has 0 aromatic heterocycles. The number of carbonyl (C=O) groups is 1. The van der Waals surface area contributed by atoms with E-state index in [1.165, 1.54) is 0 Å². The molecule has 0 bridgehead atoms. The van der Waals surface area contributed by atoms with Crippen LogP contribution in [0.2, 0.25) is 0 Å². The molecular formula is C12H19F3O2. The van der Waals surface area contributed by atoms with Crippen molar-refractivity contribution in [2.24, 2.45) is 11.8 Å². The summed E-state index contributed by atoms with van der Waals surface area (Å²) >= 11 is 0. The number of ketones is 1. The molecule has 1 fully saturated rings. The second-order valence-electron chi connectivity index (χ2n) is 4.87. The van der Waals surface area contributed by atoms with Crippen molar-refractivity contribution in [3.05, 3.63) is 0 Å². The lowest BCUT2D eigenvalue weighted by molar-refractivity contribution is -0.138. The van der Waals surface area contributed by atoms with E-state index in [0.717, 1.165) is 0 Å². The highest BCUT2D eigenvalue weighted by Gasteiger charge is 2.41. The second-order valence-corrected chi connectivity index (χ2v) is 4.87. The van der Waals surface area contributed by atoms with Gasteiger partial charge in [0.05, 0.1) is 12.2 Å². The third-order valence-electron chi connectivity index (χ3n) is 3.50. The molecule has 100 valence electrons. The molecule has 0 aliphatic carbocycles. The van der Waals surface area contributed by atoms with Gasteiger partial charge in [-0.1, -0.05) is 6.92 Å². The summed E-state index contributed by atoms with van der Waals surface area (Å²) in [5, 5.41) is 0. The van der Waals surface area contributed by atoms with Crippen molar-refractivity contribution < 1.29 is 22.7 Å². The van der Waals surface area contributed by atoms with E-state index in [1.807, 2.05) is 20.8 Å². The van der Waals surface area contributed by atoms with E-state index in [0.29, 0.717) is 0 Å². The maximum atomic E-state index is 12.0. The monoisotopic (exact) mass is 252 g/mol. The lowest BCUT2D eigenvalue weighted by Crippen LogP contribution is -2.26. The SMILES string of the molecule is CC1OC(C)C(C(=O)CCCC(F)(F)F)C1C. The lowest BCUT2D eigenvalue weighted by Gasteiger charge is -2.17.